The second kappa shape index (κ2) is 6.16. The van der Waals surface area contributed by atoms with Crippen molar-refractivity contribution in [3.8, 4) is 5.75 Å². The first kappa shape index (κ1) is 16.6. The third-order valence-corrected chi connectivity index (χ3v) is 3.71. The molecule has 1 aliphatic carbocycles. The van der Waals surface area contributed by atoms with Crippen molar-refractivity contribution in [1.29, 1.82) is 0 Å². The van der Waals surface area contributed by atoms with E-state index >= 15 is 0 Å². The lowest BCUT2D eigenvalue weighted by Gasteiger charge is -2.20. The van der Waals surface area contributed by atoms with Crippen LogP contribution in [-0.2, 0) is 11.2 Å². The second-order valence-electron chi connectivity index (χ2n) is 7.02. The molecule has 5 nitrogen and oxygen atoms in total. The van der Waals surface area contributed by atoms with Gasteiger partial charge in [0.15, 0.2) is 0 Å². The number of benzene rings is 1. The number of carbonyl (C=O) groups excluding carboxylic acids is 1. The minimum Gasteiger partial charge on any atom is -0.495 e. The van der Waals surface area contributed by atoms with E-state index in [4.69, 9.17) is 15.2 Å². The van der Waals surface area contributed by atoms with E-state index in [0.29, 0.717) is 11.4 Å². The summed E-state index contributed by atoms with van der Waals surface area (Å²) < 4.78 is 10.6. The summed E-state index contributed by atoms with van der Waals surface area (Å²) in [6.45, 7) is 5.48. The Morgan fingerprint density at radius 1 is 1.36 bits per heavy atom. The van der Waals surface area contributed by atoms with E-state index in [0.717, 1.165) is 31.2 Å². The van der Waals surface area contributed by atoms with Crippen LogP contribution in [0.4, 0.5) is 10.5 Å². The van der Waals surface area contributed by atoms with Crippen LogP contribution in [0.5, 0.6) is 5.75 Å². The first-order valence-electron chi connectivity index (χ1n) is 7.67. The Bertz CT molecular complexity index is 545. The van der Waals surface area contributed by atoms with Gasteiger partial charge in [0.1, 0.15) is 11.4 Å². The zero-order valence-corrected chi connectivity index (χ0v) is 13.9. The Balaban J connectivity index is 2.00. The van der Waals surface area contributed by atoms with Crippen LogP contribution in [0.3, 0.4) is 0 Å². The highest BCUT2D eigenvalue weighted by atomic mass is 16.6. The number of carbonyl (C=O) groups is 1. The predicted molar refractivity (Wildman–Crippen MR) is 87.3 cm³/mol. The van der Waals surface area contributed by atoms with E-state index in [-0.39, 0.29) is 5.54 Å². The molecule has 122 valence electrons. The fourth-order valence-corrected chi connectivity index (χ4v) is 2.21. The Kier molecular flexibility index (Phi) is 4.66. The molecule has 0 atom stereocenters. The smallest absolute Gasteiger partial charge is 0.412 e. The Morgan fingerprint density at radius 3 is 2.59 bits per heavy atom. The van der Waals surface area contributed by atoms with Crippen LogP contribution >= 0.6 is 0 Å². The summed E-state index contributed by atoms with van der Waals surface area (Å²) in [6.07, 6.45) is 3.64. The van der Waals surface area contributed by atoms with Crippen molar-refractivity contribution in [2.24, 2.45) is 5.73 Å². The minimum absolute atomic E-state index is 0.0423. The average molecular weight is 306 g/mol. The number of nitrogens with one attached hydrogen (secondary N) is 1. The highest BCUT2D eigenvalue weighted by molar-refractivity contribution is 5.87. The van der Waals surface area contributed by atoms with Gasteiger partial charge in [0.05, 0.1) is 12.8 Å². The summed E-state index contributed by atoms with van der Waals surface area (Å²) >= 11 is 0. The first-order valence-corrected chi connectivity index (χ1v) is 7.67. The molecule has 1 amide bonds. The van der Waals surface area contributed by atoms with Gasteiger partial charge < -0.3 is 15.2 Å². The van der Waals surface area contributed by atoms with Crippen molar-refractivity contribution in [2.45, 2.75) is 57.6 Å². The zero-order chi connectivity index (χ0) is 16.4. The van der Waals surface area contributed by atoms with Crippen LogP contribution in [-0.4, -0.2) is 24.3 Å². The number of ether oxygens (including phenoxy) is 2. The van der Waals surface area contributed by atoms with E-state index in [2.05, 4.69) is 5.32 Å². The highest BCUT2D eigenvalue weighted by Crippen LogP contribution is 2.37. The maximum absolute atomic E-state index is 11.8. The van der Waals surface area contributed by atoms with Crippen molar-refractivity contribution in [1.82, 2.24) is 0 Å². The lowest BCUT2D eigenvalue weighted by molar-refractivity contribution is 0.0635. The van der Waals surface area contributed by atoms with Crippen LogP contribution in [0.25, 0.3) is 0 Å². The SMILES string of the molecule is COc1cc(CCC2(N)CC2)ccc1NC(=O)OC(C)(C)C. The number of hydrogen-bond acceptors (Lipinski definition) is 4. The van der Waals surface area contributed by atoms with Crippen molar-refractivity contribution in [2.75, 3.05) is 12.4 Å². The average Bonchev–Trinajstić information content (AvgIpc) is 3.14. The first-order chi connectivity index (χ1) is 10.2. The maximum Gasteiger partial charge on any atom is 0.412 e. The van der Waals surface area contributed by atoms with Gasteiger partial charge >= 0.3 is 6.09 Å². The highest BCUT2D eigenvalue weighted by Gasteiger charge is 2.37. The third kappa shape index (κ3) is 4.91. The molecule has 1 aromatic carbocycles. The molecule has 3 N–H and O–H groups in total. The fraction of sp³-hybridized carbons (Fsp3) is 0.588. The molecule has 0 spiro atoms. The number of amides is 1. The second-order valence-corrected chi connectivity index (χ2v) is 7.02. The van der Waals surface area contributed by atoms with Gasteiger partial charge in [-0.25, -0.2) is 4.79 Å². The Morgan fingerprint density at radius 2 is 2.05 bits per heavy atom. The molecule has 0 aliphatic heterocycles. The van der Waals surface area contributed by atoms with E-state index in [1.807, 2.05) is 39.0 Å². The Labute approximate surface area is 132 Å². The monoisotopic (exact) mass is 306 g/mol. The van der Waals surface area contributed by atoms with E-state index < -0.39 is 11.7 Å². The number of nitrogens with two attached hydrogens (primary N) is 1. The largest absolute Gasteiger partial charge is 0.495 e. The van der Waals surface area contributed by atoms with Crippen LogP contribution in [0.15, 0.2) is 18.2 Å². The number of methoxy groups -OCH3 is 1. The molecule has 1 fully saturated rings. The number of aryl methyl sites for hydroxylation is 1. The van der Waals surface area contributed by atoms with Gasteiger partial charge in [-0.3, -0.25) is 5.32 Å². The van der Waals surface area contributed by atoms with Gasteiger partial charge in [-0.1, -0.05) is 6.07 Å². The van der Waals surface area contributed by atoms with Crippen molar-refractivity contribution < 1.29 is 14.3 Å². The minimum atomic E-state index is -0.531. The maximum atomic E-state index is 11.8. The van der Waals surface area contributed by atoms with Crippen molar-refractivity contribution in [3.63, 3.8) is 0 Å². The van der Waals surface area contributed by atoms with Crippen LogP contribution in [0.1, 0.15) is 45.6 Å². The van der Waals surface area contributed by atoms with Gasteiger partial charge in [0.25, 0.3) is 0 Å². The van der Waals surface area contributed by atoms with E-state index in [9.17, 15) is 4.79 Å². The zero-order valence-electron chi connectivity index (χ0n) is 13.9. The normalized spacial score (nSPS) is 16.0. The van der Waals surface area contributed by atoms with Crippen LogP contribution in [0.2, 0.25) is 0 Å². The lowest BCUT2D eigenvalue weighted by atomic mass is 10.0. The Hall–Kier alpha value is -1.75. The molecular weight excluding hydrogens is 280 g/mol. The predicted octanol–water partition coefficient (Wildman–Crippen LogP) is 3.47. The molecule has 1 aliphatic rings. The topological polar surface area (TPSA) is 73.6 Å². The van der Waals surface area contributed by atoms with E-state index in [1.165, 1.54) is 0 Å². The summed E-state index contributed by atoms with van der Waals surface area (Å²) in [7, 11) is 1.59. The van der Waals surface area contributed by atoms with Gasteiger partial charge in [0, 0.05) is 5.54 Å². The number of hydrogen-bond donors (Lipinski definition) is 2. The summed E-state index contributed by atoms with van der Waals surface area (Å²) in [4.78, 5) is 11.8. The lowest BCUT2D eigenvalue weighted by Crippen LogP contribution is -2.27. The summed E-state index contributed by atoms with van der Waals surface area (Å²) in [5.41, 5.74) is 7.39. The van der Waals surface area contributed by atoms with Crippen molar-refractivity contribution in [3.05, 3.63) is 23.8 Å². The van der Waals surface area contributed by atoms with E-state index in [1.54, 1.807) is 7.11 Å². The fourth-order valence-electron chi connectivity index (χ4n) is 2.21. The quantitative estimate of drug-likeness (QED) is 0.873. The molecule has 22 heavy (non-hydrogen) atoms. The molecule has 2 rings (SSSR count). The molecule has 0 heterocycles. The van der Waals surface area contributed by atoms with Crippen molar-refractivity contribution >= 4 is 11.8 Å². The van der Waals surface area contributed by atoms with Crippen LogP contribution < -0.4 is 15.8 Å². The molecule has 1 saturated carbocycles. The molecule has 0 radical (unpaired) electrons. The van der Waals surface area contributed by atoms with Crippen LogP contribution in [0, 0.1) is 0 Å². The molecule has 0 saturated heterocycles. The molecule has 5 heteroatoms. The van der Waals surface area contributed by atoms with Gasteiger partial charge in [-0.15, -0.1) is 0 Å². The number of rotatable bonds is 5. The molecule has 1 aromatic rings. The third-order valence-electron chi connectivity index (χ3n) is 3.71. The summed E-state index contributed by atoms with van der Waals surface area (Å²) in [5.74, 6) is 0.630. The summed E-state index contributed by atoms with van der Waals surface area (Å²) in [5, 5.41) is 2.72. The molecule has 0 unspecified atom stereocenters. The molecule has 0 bridgehead atoms. The van der Waals surface area contributed by atoms with Gasteiger partial charge in [-0.05, 0) is 64.2 Å². The molecule has 0 aromatic heterocycles. The summed E-state index contributed by atoms with van der Waals surface area (Å²) in [6, 6.07) is 5.77. The molecular formula is C17H26N2O3. The number of anilines is 1. The van der Waals surface area contributed by atoms with Gasteiger partial charge in [0.2, 0.25) is 0 Å². The standard InChI is InChI=1S/C17H26N2O3/c1-16(2,3)22-15(20)19-13-6-5-12(11-14(13)21-4)7-8-17(18)9-10-17/h5-6,11H,7-10,18H2,1-4H3,(H,19,20). The van der Waals surface area contributed by atoms with Gasteiger partial charge in [-0.2, -0.15) is 0 Å².